The van der Waals surface area contributed by atoms with Crippen LogP contribution in [0.25, 0.3) is 22.6 Å². The van der Waals surface area contributed by atoms with E-state index < -0.39 is 18.5 Å². The van der Waals surface area contributed by atoms with Crippen LogP contribution in [-0.2, 0) is 16.0 Å². The molecule has 190 valence electrons. The van der Waals surface area contributed by atoms with E-state index in [4.69, 9.17) is 19.4 Å². The van der Waals surface area contributed by atoms with Crippen LogP contribution in [0.1, 0.15) is 40.7 Å². The average molecular weight is 524 g/mol. The van der Waals surface area contributed by atoms with Crippen molar-refractivity contribution in [2.45, 2.75) is 24.7 Å². The predicted molar refractivity (Wildman–Crippen MR) is 147 cm³/mol. The molecule has 5 rings (SSSR count). The van der Waals surface area contributed by atoms with E-state index in [-0.39, 0.29) is 11.7 Å². The van der Waals surface area contributed by atoms with Crippen molar-refractivity contribution in [3.8, 4) is 6.07 Å². The van der Waals surface area contributed by atoms with Crippen LogP contribution < -0.4 is 5.32 Å². The number of nitrogens with zero attached hydrogens (tertiary/aromatic N) is 2. The lowest BCUT2D eigenvalue weighted by Gasteiger charge is -2.26. The number of aromatic nitrogens is 1. The summed E-state index contributed by atoms with van der Waals surface area (Å²) >= 11 is 1.33. The van der Waals surface area contributed by atoms with Gasteiger partial charge in [-0.05, 0) is 66.3 Å². The largest absolute Gasteiger partial charge is 0.465 e. The van der Waals surface area contributed by atoms with E-state index in [0.29, 0.717) is 28.6 Å². The van der Waals surface area contributed by atoms with E-state index in [2.05, 4.69) is 18.3 Å². The Morgan fingerprint density at radius 1 is 1.16 bits per heavy atom. The highest BCUT2D eigenvalue weighted by atomic mass is 32.2. The molecular formula is C30H25N3O4S. The van der Waals surface area contributed by atoms with Crippen molar-refractivity contribution < 1.29 is 18.7 Å². The lowest BCUT2D eigenvalue weighted by molar-refractivity contribution is -0.119. The van der Waals surface area contributed by atoms with Gasteiger partial charge in [0.05, 0.1) is 40.5 Å². The van der Waals surface area contributed by atoms with Gasteiger partial charge in [-0.2, -0.15) is 5.26 Å². The molecule has 2 aromatic carbocycles. The fraction of sp³-hybridized carbons (Fsp3) is 0.200. The van der Waals surface area contributed by atoms with E-state index >= 15 is 0 Å². The van der Waals surface area contributed by atoms with Crippen molar-refractivity contribution in [1.82, 2.24) is 4.98 Å². The summed E-state index contributed by atoms with van der Waals surface area (Å²) in [5.74, 6) is 0.251. The molecule has 2 heterocycles. The number of allylic oxidation sites excluding steroid dienone is 1. The van der Waals surface area contributed by atoms with Crippen LogP contribution in [0.3, 0.4) is 0 Å². The Morgan fingerprint density at radius 3 is 2.79 bits per heavy atom. The maximum absolute atomic E-state index is 13.5. The maximum atomic E-state index is 13.5. The molecule has 2 aromatic heterocycles. The number of nitrogens with one attached hydrogen (secondary N) is 1. The molecule has 1 atom stereocenters. The molecule has 1 aliphatic rings. The summed E-state index contributed by atoms with van der Waals surface area (Å²) < 4.78 is 11.1. The maximum Gasteiger partial charge on any atom is 0.339 e. The summed E-state index contributed by atoms with van der Waals surface area (Å²) in [7, 11) is 0. The smallest absolute Gasteiger partial charge is 0.339 e. The molecule has 4 aromatic rings. The average Bonchev–Trinajstić information content (AvgIpc) is 3.43. The van der Waals surface area contributed by atoms with Crippen molar-refractivity contribution in [3.63, 3.8) is 0 Å². The van der Waals surface area contributed by atoms with Crippen LogP contribution in [0, 0.1) is 17.2 Å². The van der Waals surface area contributed by atoms with E-state index in [1.54, 1.807) is 18.4 Å². The first-order valence-electron chi connectivity index (χ1n) is 12.2. The van der Waals surface area contributed by atoms with Gasteiger partial charge in [-0.3, -0.25) is 4.79 Å². The number of thioether (sulfide) groups is 1. The first-order valence-corrected chi connectivity index (χ1v) is 13.2. The fourth-order valence-electron chi connectivity index (χ4n) is 4.71. The summed E-state index contributed by atoms with van der Waals surface area (Å²) in [5.41, 5.74) is 4.29. The molecule has 0 aliphatic heterocycles. The zero-order valence-electron chi connectivity index (χ0n) is 20.8. The van der Waals surface area contributed by atoms with Gasteiger partial charge in [0.15, 0.2) is 6.61 Å². The highest BCUT2D eigenvalue weighted by Gasteiger charge is 2.29. The number of carbonyl (C=O) groups excluding carboxylic acids is 2. The number of pyridine rings is 1. The first-order chi connectivity index (χ1) is 18.5. The summed E-state index contributed by atoms with van der Waals surface area (Å²) in [4.78, 5) is 31.9. The third kappa shape index (κ3) is 5.48. The number of carbonyl (C=O) groups is 2. The Labute approximate surface area is 224 Å². The van der Waals surface area contributed by atoms with Crippen LogP contribution in [0.5, 0.6) is 0 Å². The second-order valence-electron chi connectivity index (χ2n) is 9.10. The number of furan rings is 1. The Hall–Kier alpha value is -4.35. The molecule has 0 fully saturated rings. The number of hydrogen-bond acceptors (Lipinski definition) is 7. The van der Waals surface area contributed by atoms with Gasteiger partial charge in [0.1, 0.15) is 5.76 Å². The summed E-state index contributed by atoms with van der Waals surface area (Å²) in [5, 5.41) is 12.4. The Balaban J connectivity index is 1.43. The Kier molecular flexibility index (Phi) is 7.57. The molecule has 0 radical (unpaired) electrons. The van der Waals surface area contributed by atoms with Gasteiger partial charge < -0.3 is 14.5 Å². The minimum atomic E-state index is -0.561. The zero-order valence-corrected chi connectivity index (χ0v) is 21.6. The number of esters is 1. The van der Waals surface area contributed by atoms with Crippen LogP contribution in [0.4, 0.5) is 5.69 Å². The van der Waals surface area contributed by atoms with Crippen LogP contribution in [0.2, 0.25) is 0 Å². The molecule has 0 unspecified atom stereocenters. The summed E-state index contributed by atoms with van der Waals surface area (Å²) in [6.07, 6.45) is 5.07. The fourth-order valence-corrected chi connectivity index (χ4v) is 5.38. The number of amides is 1. The Morgan fingerprint density at radius 2 is 1.97 bits per heavy atom. The van der Waals surface area contributed by atoms with Gasteiger partial charge in [0.2, 0.25) is 0 Å². The van der Waals surface area contributed by atoms with E-state index in [1.807, 2.05) is 54.6 Å². The van der Waals surface area contributed by atoms with Gasteiger partial charge in [0, 0.05) is 10.3 Å². The monoisotopic (exact) mass is 523 g/mol. The van der Waals surface area contributed by atoms with Crippen molar-refractivity contribution in [1.29, 1.82) is 5.26 Å². The lowest BCUT2D eigenvalue weighted by Crippen LogP contribution is -2.23. The second kappa shape index (κ2) is 11.4. The van der Waals surface area contributed by atoms with E-state index in [0.717, 1.165) is 33.9 Å². The quantitative estimate of drug-likeness (QED) is 0.222. The first kappa shape index (κ1) is 25.3. The van der Waals surface area contributed by atoms with Crippen LogP contribution in [0.15, 0.2) is 76.2 Å². The molecule has 1 amide bonds. The number of benzene rings is 2. The van der Waals surface area contributed by atoms with Gasteiger partial charge >= 0.3 is 5.97 Å². The predicted octanol–water partition coefficient (Wildman–Crippen LogP) is 6.36. The molecular weight excluding hydrogens is 498 g/mol. The lowest BCUT2D eigenvalue weighted by atomic mass is 9.81. The topological polar surface area (TPSA) is 105 Å². The van der Waals surface area contributed by atoms with Gasteiger partial charge in [-0.15, -0.1) is 11.8 Å². The third-order valence-corrected chi connectivity index (χ3v) is 7.21. The molecule has 0 spiro atoms. The Bertz CT molecular complexity index is 1570. The second-order valence-corrected chi connectivity index (χ2v) is 10.1. The number of anilines is 1. The van der Waals surface area contributed by atoms with Crippen molar-refractivity contribution >= 4 is 51.9 Å². The minimum absolute atomic E-state index is 0.261. The standard InChI is InChI=1S/C30H25N3O4S/c1-19-15-20(17-21-7-6-13-36-21)29-23(16-19)28(22-8-2-3-9-24(22)33-29)30(35)37-18-27(34)32-25-10-4-5-11-26(25)38-14-12-31/h2-11,13,17,19H,14-16,18H2,1H3,(H,32,34)/b20-17-/t19-/m0/s1. The third-order valence-electron chi connectivity index (χ3n) is 6.27. The molecule has 7 nitrogen and oxygen atoms in total. The van der Waals surface area contributed by atoms with Gasteiger partial charge in [-0.1, -0.05) is 37.3 Å². The van der Waals surface area contributed by atoms with Crippen LogP contribution in [-0.4, -0.2) is 29.2 Å². The molecule has 0 saturated heterocycles. The molecule has 0 saturated carbocycles. The molecule has 1 aliphatic carbocycles. The number of ether oxygens (including phenoxy) is 1. The number of hydrogen-bond donors (Lipinski definition) is 1. The number of fused-ring (bicyclic) bond motifs is 2. The van der Waals surface area contributed by atoms with E-state index in [1.165, 1.54) is 11.8 Å². The normalized spacial score (nSPS) is 15.6. The molecule has 0 bridgehead atoms. The number of para-hydroxylation sites is 2. The van der Waals surface area contributed by atoms with Crippen LogP contribution >= 0.6 is 11.8 Å². The molecule has 8 heteroatoms. The summed E-state index contributed by atoms with van der Waals surface area (Å²) in [6, 6.07) is 20.5. The minimum Gasteiger partial charge on any atom is -0.465 e. The summed E-state index contributed by atoms with van der Waals surface area (Å²) in [6.45, 7) is 1.70. The highest BCUT2D eigenvalue weighted by Crippen LogP contribution is 2.38. The van der Waals surface area contributed by atoms with Gasteiger partial charge in [-0.25, -0.2) is 9.78 Å². The molecule has 38 heavy (non-hydrogen) atoms. The van der Waals surface area contributed by atoms with Crippen molar-refractivity contribution in [3.05, 3.63) is 89.5 Å². The zero-order chi connectivity index (χ0) is 26.5. The van der Waals surface area contributed by atoms with Crippen molar-refractivity contribution in [2.75, 3.05) is 17.7 Å². The van der Waals surface area contributed by atoms with E-state index in [9.17, 15) is 9.59 Å². The van der Waals surface area contributed by atoms with Crippen molar-refractivity contribution in [2.24, 2.45) is 5.92 Å². The SMILES string of the molecule is C[C@H]1C/C(=C/c2ccco2)c2nc3ccccc3c(C(=O)OCC(=O)Nc3ccccc3SCC#N)c2C1. The number of rotatable bonds is 7. The highest BCUT2D eigenvalue weighted by molar-refractivity contribution is 7.99. The molecule has 1 N–H and O–H groups in total. The van der Waals surface area contributed by atoms with Gasteiger partial charge in [0.25, 0.3) is 5.91 Å². The number of nitriles is 1.